The van der Waals surface area contributed by atoms with Crippen molar-refractivity contribution in [2.24, 2.45) is 0 Å². The zero-order valence-electron chi connectivity index (χ0n) is 12.8. The number of aromatic nitrogens is 2. The van der Waals surface area contributed by atoms with Gasteiger partial charge in [-0.05, 0) is 25.8 Å². The minimum atomic E-state index is -0.0981. The van der Waals surface area contributed by atoms with E-state index in [1.807, 2.05) is 0 Å². The molecule has 1 aliphatic heterocycles. The van der Waals surface area contributed by atoms with Crippen LogP contribution in [0.25, 0.3) is 0 Å². The van der Waals surface area contributed by atoms with Crippen LogP contribution < -0.4 is 16.0 Å². The molecule has 1 aliphatic rings. The minimum absolute atomic E-state index is 0.0981. The molecule has 0 bridgehead atoms. The number of hydrogen-bond acceptors (Lipinski definition) is 6. The molecule has 0 unspecified atom stereocenters. The van der Waals surface area contributed by atoms with Gasteiger partial charge in [-0.2, -0.15) is 0 Å². The summed E-state index contributed by atoms with van der Waals surface area (Å²) in [6.07, 6.45) is 4.55. The van der Waals surface area contributed by atoms with Crippen LogP contribution in [-0.4, -0.2) is 35.0 Å². The molecule has 2 aromatic rings. The number of carbonyl (C=O) groups excluding carboxylic acids is 1. The van der Waals surface area contributed by atoms with Crippen molar-refractivity contribution >= 4 is 29.1 Å². The summed E-state index contributed by atoms with van der Waals surface area (Å²) in [6.45, 7) is 3.26. The van der Waals surface area contributed by atoms with Crippen LogP contribution in [0.3, 0.4) is 0 Å². The number of piperidine rings is 1. The van der Waals surface area contributed by atoms with E-state index in [1.54, 1.807) is 13.0 Å². The molecule has 0 radical (unpaired) electrons. The summed E-state index contributed by atoms with van der Waals surface area (Å²) in [4.78, 5) is 22.3. The second kappa shape index (κ2) is 6.45. The van der Waals surface area contributed by atoms with Gasteiger partial charge in [0.25, 0.3) is 5.91 Å². The third kappa shape index (κ3) is 3.24. The largest absolute Gasteiger partial charge is 0.469 e. The zero-order chi connectivity index (χ0) is 16.4. The first-order chi connectivity index (χ1) is 11.1. The van der Waals surface area contributed by atoms with Crippen molar-refractivity contribution in [3.8, 4) is 0 Å². The van der Waals surface area contributed by atoms with Crippen molar-refractivity contribution < 1.29 is 9.21 Å². The second-order valence-electron chi connectivity index (χ2n) is 5.52. The third-order valence-electron chi connectivity index (χ3n) is 4.03. The molecule has 1 amide bonds. The zero-order valence-corrected chi connectivity index (χ0v) is 13.5. The van der Waals surface area contributed by atoms with E-state index in [-0.39, 0.29) is 17.8 Å². The summed E-state index contributed by atoms with van der Waals surface area (Å²) in [5.41, 5.74) is 6.30. The second-order valence-corrected chi connectivity index (χ2v) is 5.90. The summed E-state index contributed by atoms with van der Waals surface area (Å²) in [6, 6.07) is 1.80. The summed E-state index contributed by atoms with van der Waals surface area (Å²) < 4.78 is 5.16. The number of anilines is 2. The standard InChI is InChI=1S/C15H18ClN5O2/c1-9-11(4-7-23-9)15(22)20-10-2-5-21(6-3-10)14-12(16)13(17)18-8-19-14/h4,7-8,10H,2-3,5-6H2,1H3,(H,20,22)(H2,17,18,19). The van der Waals surface area contributed by atoms with E-state index in [0.717, 1.165) is 25.9 Å². The maximum Gasteiger partial charge on any atom is 0.255 e. The third-order valence-corrected chi connectivity index (χ3v) is 4.39. The Hall–Kier alpha value is -2.28. The number of nitrogen functional groups attached to an aromatic ring is 1. The predicted molar refractivity (Wildman–Crippen MR) is 87.6 cm³/mol. The van der Waals surface area contributed by atoms with Gasteiger partial charge < -0.3 is 20.4 Å². The number of nitrogens with zero attached hydrogens (tertiary/aromatic N) is 3. The summed E-state index contributed by atoms with van der Waals surface area (Å²) in [5.74, 6) is 1.46. The van der Waals surface area contributed by atoms with Crippen LogP contribution in [0.2, 0.25) is 5.02 Å². The first kappa shape index (κ1) is 15.6. The van der Waals surface area contributed by atoms with Gasteiger partial charge in [-0.1, -0.05) is 11.6 Å². The molecule has 3 N–H and O–H groups in total. The molecule has 0 aliphatic carbocycles. The molecule has 122 valence electrons. The van der Waals surface area contributed by atoms with Crippen LogP contribution in [0.4, 0.5) is 11.6 Å². The topological polar surface area (TPSA) is 97.3 Å². The Kier molecular flexibility index (Phi) is 4.38. The van der Waals surface area contributed by atoms with Crippen LogP contribution >= 0.6 is 11.6 Å². The van der Waals surface area contributed by atoms with Crippen LogP contribution in [0.1, 0.15) is 29.0 Å². The number of nitrogens with two attached hydrogens (primary N) is 1. The lowest BCUT2D eigenvalue weighted by Gasteiger charge is -2.33. The number of rotatable bonds is 3. The number of amides is 1. The molecule has 0 aromatic carbocycles. The number of hydrogen-bond donors (Lipinski definition) is 2. The molecule has 1 fully saturated rings. The van der Waals surface area contributed by atoms with Crippen LogP contribution in [0.15, 0.2) is 23.1 Å². The number of halogens is 1. The fourth-order valence-electron chi connectivity index (χ4n) is 2.71. The van der Waals surface area contributed by atoms with Crippen molar-refractivity contribution in [1.29, 1.82) is 0 Å². The monoisotopic (exact) mass is 335 g/mol. The van der Waals surface area contributed by atoms with E-state index in [4.69, 9.17) is 21.8 Å². The van der Waals surface area contributed by atoms with Gasteiger partial charge in [0.2, 0.25) is 0 Å². The Balaban J connectivity index is 1.59. The summed E-state index contributed by atoms with van der Waals surface area (Å²) in [7, 11) is 0. The van der Waals surface area contributed by atoms with Gasteiger partial charge in [0.1, 0.15) is 22.9 Å². The van der Waals surface area contributed by atoms with Crippen molar-refractivity contribution in [2.75, 3.05) is 23.7 Å². The molecule has 2 aromatic heterocycles. The first-order valence-electron chi connectivity index (χ1n) is 7.42. The number of furan rings is 1. The molecule has 0 spiro atoms. The van der Waals surface area contributed by atoms with E-state index in [2.05, 4.69) is 20.2 Å². The molecule has 0 atom stereocenters. The maximum absolute atomic E-state index is 12.2. The Morgan fingerprint density at radius 1 is 1.43 bits per heavy atom. The molecular weight excluding hydrogens is 318 g/mol. The predicted octanol–water partition coefficient (Wildman–Crippen LogP) is 2.01. The molecular formula is C15H18ClN5O2. The quantitative estimate of drug-likeness (QED) is 0.890. The van der Waals surface area contributed by atoms with Gasteiger partial charge in [0, 0.05) is 19.1 Å². The highest BCUT2D eigenvalue weighted by Gasteiger charge is 2.24. The Bertz CT molecular complexity index is 710. The van der Waals surface area contributed by atoms with Crippen molar-refractivity contribution in [3.05, 3.63) is 35.0 Å². The van der Waals surface area contributed by atoms with Crippen LogP contribution in [0, 0.1) is 6.92 Å². The van der Waals surface area contributed by atoms with Gasteiger partial charge in [0.15, 0.2) is 5.82 Å². The molecule has 0 saturated carbocycles. The normalized spacial score (nSPS) is 15.7. The number of nitrogens with one attached hydrogen (secondary N) is 1. The Morgan fingerprint density at radius 2 is 2.17 bits per heavy atom. The SMILES string of the molecule is Cc1occc1C(=O)NC1CCN(c2ncnc(N)c2Cl)CC1. The maximum atomic E-state index is 12.2. The minimum Gasteiger partial charge on any atom is -0.469 e. The van der Waals surface area contributed by atoms with Gasteiger partial charge >= 0.3 is 0 Å². The highest BCUT2D eigenvalue weighted by atomic mass is 35.5. The van der Waals surface area contributed by atoms with Gasteiger partial charge in [-0.3, -0.25) is 4.79 Å². The smallest absolute Gasteiger partial charge is 0.255 e. The highest BCUT2D eigenvalue weighted by Crippen LogP contribution is 2.29. The van der Waals surface area contributed by atoms with Crippen LogP contribution in [-0.2, 0) is 0 Å². The average molecular weight is 336 g/mol. The van der Waals surface area contributed by atoms with Crippen molar-refractivity contribution in [3.63, 3.8) is 0 Å². The van der Waals surface area contributed by atoms with Crippen molar-refractivity contribution in [2.45, 2.75) is 25.8 Å². The molecule has 3 rings (SSSR count). The lowest BCUT2D eigenvalue weighted by Crippen LogP contribution is -2.45. The summed E-state index contributed by atoms with van der Waals surface area (Å²) >= 11 is 6.16. The van der Waals surface area contributed by atoms with Gasteiger partial charge in [-0.15, -0.1) is 0 Å². The molecule has 1 saturated heterocycles. The average Bonchev–Trinajstić information content (AvgIpc) is 2.97. The molecule has 23 heavy (non-hydrogen) atoms. The van der Waals surface area contributed by atoms with Gasteiger partial charge in [-0.25, -0.2) is 9.97 Å². The van der Waals surface area contributed by atoms with E-state index in [9.17, 15) is 4.79 Å². The molecule has 3 heterocycles. The highest BCUT2D eigenvalue weighted by molar-refractivity contribution is 6.35. The number of aryl methyl sites for hydroxylation is 1. The van der Waals surface area contributed by atoms with E-state index in [1.165, 1.54) is 12.6 Å². The number of carbonyl (C=O) groups is 1. The van der Waals surface area contributed by atoms with E-state index >= 15 is 0 Å². The van der Waals surface area contributed by atoms with Crippen LogP contribution in [0.5, 0.6) is 0 Å². The van der Waals surface area contributed by atoms with E-state index < -0.39 is 0 Å². The Labute approximate surface area is 138 Å². The lowest BCUT2D eigenvalue weighted by atomic mass is 10.0. The fraction of sp³-hybridized carbons (Fsp3) is 0.400. The van der Waals surface area contributed by atoms with Crippen molar-refractivity contribution in [1.82, 2.24) is 15.3 Å². The molecule has 7 nitrogen and oxygen atoms in total. The fourth-order valence-corrected chi connectivity index (χ4v) is 2.93. The van der Waals surface area contributed by atoms with E-state index in [0.29, 0.717) is 22.2 Å². The first-order valence-corrected chi connectivity index (χ1v) is 7.80. The van der Waals surface area contributed by atoms with Gasteiger partial charge in [0.05, 0.1) is 11.8 Å². The summed E-state index contributed by atoms with van der Waals surface area (Å²) in [5, 5.41) is 3.42. The molecule has 8 heteroatoms. The lowest BCUT2D eigenvalue weighted by molar-refractivity contribution is 0.0929. The Morgan fingerprint density at radius 3 is 2.83 bits per heavy atom.